The summed E-state index contributed by atoms with van der Waals surface area (Å²) in [6.45, 7) is 9.08. The van der Waals surface area contributed by atoms with Crippen molar-refractivity contribution in [3.05, 3.63) is 0 Å². The second-order valence-corrected chi connectivity index (χ2v) is 5.16. The smallest absolute Gasteiger partial charge is 0.0728 e. The lowest BCUT2D eigenvalue weighted by molar-refractivity contribution is 0.0203. The first-order valence-electron chi connectivity index (χ1n) is 6.90. The third-order valence-corrected chi connectivity index (χ3v) is 4.10. The fourth-order valence-corrected chi connectivity index (χ4v) is 3.02. The summed E-state index contributed by atoms with van der Waals surface area (Å²) in [7, 11) is 0. The van der Waals surface area contributed by atoms with E-state index < -0.39 is 0 Å². The van der Waals surface area contributed by atoms with Gasteiger partial charge in [-0.05, 0) is 39.2 Å². The van der Waals surface area contributed by atoms with Gasteiger partial charge >= 0.3 is 0 Å². The van der Waals surface area contributed by atoms with E-state index in [4.69, 9.17) is 4.74 Å². The molecule has 2 fully saturated rings. The second kappa shape index (κ2) is 5.99. The largest absolute Gasteiger partial charge is 0.377 e. The Balaban J connectivity index is 1.74. The first-order chi connectivity index (χ1) is 7.81. The van der Waals surface area contributed by atoms with Gasteiger partial charge in [0.05, 0.1) is 6.10 Å². The Morgan fingerprint density at radius 1 is 1.31 bits per heavy atom. The number of piperidine rings is 1. The van der Waals surface area contributed by atoms with Crippen LogP contribution in [0.25, 0.3) is 0 Å². The van der Waals surface area contributed by atoms with Gasteiger partial charge in [-0.2, -0.15) is 0 Å². The number of nitrogens with one attached hydrogen (secondary N) is 1. The predicted molar refractivity (Wildman–Crippen MR) is 66.7 cm³/mol. The topological polar surface area (TPSA) is 24.5 Å². The summed E-state index contributed by atoms with van der Waals surface area (Å²) in [4.78, 5) is 2.61. The minimum Gasteiger partial charge on any atom is -0.377 e. The number of hydrogen-bond donors (Lipinski definition) is 1. The molecule has 0 spiro atoms. The molecule has 0 aliphatic carbocycles. The van der Waals surface area contributed by atoms with E-state index in [0.29, 0.717) is 12.1 Å². The van der Waals surface area contributed by atoms with E-state index in [2.05, 4.69) is 24.1 Å². The highest BCUT2D eigenvalue weighted by molar-refractivity contribution is 4.84. The van der Waals surface area contributed by atoms with Gasteiger partial charge in [-0.15, -0.1) is 0 Å². The van der Waals surface area contributed by atoms with Gasteiger partial charge in [0.25, 0.3) is 0 Å². The molecule has 2 aliphatic heterocycles. The molecule has 2 rings (SSSR count). The lowest BCUT2D eigenvalue weighted by atomic mass is 10.0. The van der Waals surface area contributed by atoms with E-state index in [1.165, 1.54) is 38.8 Å². The van der Waals surface area contributed by atoms with Gasteiger partial charge in [0.15, 0.2) is 0 Å². The van der Waals surface area contributed by atoms with E-state index in [9.17, 15) is 0 Å². The van der Waals surface area contributed by atoms with Crippen LogP contribution in [-0.2, 0) is 4.74 Å². The number of rotatable bonds is 4. The van der Waals surface area contributed by atoms with Crippen LogP contribution in [0.2, 0.25) is 0 Å². The first kappa shape index (κ1) is 12.3. The average Bonchev–Trinajstić information content (AvgIpc) is 2.83. The minimum absolute atomic E-state index is 0.496. The van der Waals surface area contributed by atoms with Crippen molar-refractivity contribution in [1.29, 1.82) is 0 Å². The molecule has 94 valence electrons. The summed E-state index contributed by atoms with van der Waals surface area (Å²) in [5.41, 5.74) is 0. The van der Waals surface area contributed by atoms with Crippen molar-refractivity contribution < 1.29 is 4.74 Å². The molecule has 0 amide bonds. The Morgan fingerprint density at radius 3 is 2.62 bits per heavy atom. The van der Waals surface area contributed by atoms with Crippen LogP contribution < -0.4 is 5.32 Å². The van der Waals surface area contributed by atoms with Crippen molar-refractivity contribution in [2.45, 2.75) is 57.7 Å². The van der Waals surface area contributed by atoms with Gasteiger partial charge < -0.3 is 10.1 Å². The van der Waals surface area contributed by atoms with E-state index in [1.807, 2.05) is 0 Å². The molecule has 0 aromatic carbocycles. The summed E-state index contributed by atoms with van der Waals surface area (Å²) in [6.07, 6.45) is 5.60. The Labute approximate surface area is 99.5 Å². The minimum atomic E-state index is 0.496. The highest BCUT2D eigenvalue weighted by Crippen LogP contribution is 2.22. The molecule has 2 aliphatic rings. The zero-order valence-electron chi connectivity index (χ0n) is 10.7. The van der Waals surface area contributed by atoms with Crippen LogP contribution in [0.3, 0.4) is 0 Å². The summed E-state index contributed by atoms with van der Waals surface area (Å²) in [6, 6.07) is 1.36. The molecule has 0 radical (unpaired) electrons. The molecule has 0 aromatic rings. The maximum Gasteiger partial charge on any atom is 0.0728 e. The Bertz CT molecular complexity index is 196. The molecule has 0 aromatic heterocycles. The van der Waals surface area contributed by atoms with Crippen molar-refractivity contribution in [2.75, 3.05) is 26.2 Å². The Kier molecular flexibility index (Phi) is 4.62. The molecule has 2 saturated heterocycles. The predicted octanol–water partition coefficient (Wildman–Crippen LogP) is 1.63. The fourth-order valence-electron chi connectivity index (χ4n) is 3.02. The van der Waals surface area contributed by atoms with Crippen molar-refractivity contribution in [3.63, 3.8) is 0 Å². The summed E-state index contributed by atoms with van der Waals surface area (Å²) < 4.78 is 5.78. The van der Waals surface area contributed by atoms with Gasteiger partial charge in [0, 0.05) is 31.8 Å². The molecular formula is C13H26N2O. The highest BCUT2D eigenvalue weighted by atomic mass is 16.5. The lowest BCUT2D eigenvalue weighted by Crippen LogP contribution is -2.49. The van der Waals surface area contributed by atoms with E-state index in [1.54, 1.807) is 0 Å². The molecule has 16 heavy (non-hydrogen) atoms. The molecule has 2 heterocycles. The van der Waals surface area contributed by atoms with Crippen LogP contribution in [0.5, 0.6) is 0 Å². The lowest BCUT2D eigenvalue weighted by Gasteiger charge is -2.38. The highest BCUT2D eigenvalue weighted by Gasteiger charge is 2.29. The van der Waals surface area contributed by atoms with Crippen LogP contribution in [0, 0.1) is 0 Å². The quantitative estimate of drug-likeness (QED) is 0.788. The SMILES string of the molecule is CCNC1CCN(C(C)C2CCCO2)CC1. The fraction of sp³-hybridized carbons (Fsp3) is 1.00. The van der Waals surface area contributed by atoms with Crippen molar-refractivity contribution in [2.24, 2.45) is 0 Å². The third-order valence-electron chi connectivity index (χ3n) is 4.10. The van der Waals surface area contributed by atoms with Gasteiger partial charge in [-0.3, -0.25) is 4.90 Å². The monoisotopic (exact) mass is 226 g/mol. The number of hydrogen-bond acceptors (Lipinski definition) is 3. The average molecular weight is 226 g/mol. The number of likely N-dealkylation sites (tertiary alicyclic amines) is 1. The van der Waals surface area contributed by atoms with Gasteiger partial charge in [-0.1, -0.05) is 6.92 Å². The molecular weight excluding hydrogens is 200 g/mol. The van der Waals surface area contributed by atoms with E-state index >= 15 is 0 Å². The van der Waals surface area contributed by atoms with E-state index in [0.717, 1.165) is 19.2 Å². The number of ether oxygens (including phenoxy) is 1. The maximum atomic E-state index is 5.78. The van der Waals surface area contributed by atoms with Crippen LogP contribution >= 0.6 is 0 Å². The summed E-state index contributed by atoms with van der Waals surface area (Å²) in [5.74, 6) is 0. The number of nitrogens with zero attached hydrogens (tertiary/aromatic N) is 1. The molecule has 3 heteroatoms. The Morgan fingerprint density at radius 2 is 2.06 bits per heavy atom. The molecule has 0 saturated carbocycles. The summed E-state index contributed by atoms with van der Waals surface area (Å²) in [5, 5.41) is 3.56. The van der Waals surface area contributed by atoms with Crippen LogP contribution in [0.15, 0.2) is 0 Å². The van der Waals surface area contributed by atoms with Gasteiger partial charge in [-0.25, -0.2) is 0 Å². The van der Waals surface area contributed by atoms with Crippen LogP contribution in [-0.4, -0.2) is 49.3 Å². The normalized spacial score (nSPS) is 30.8. The third kappa shape index (κ3) is 2.96. The zero-order chi connectivity index (χ0) is 11.4. The molecule has 2 atom stereocenters. The van der Waals surface area contributed by atoms with E-state index in [-0.39, 0.29) is 0 Å². The van der Waals surface area contributed by atoms with Crippen LogP contribution in [0.1, 0.15) is 39.5 Å². The molecule has 1 N–H and O–H groups in total. The molecule has 2 unspecified atom stereocenters. The standard InChI is InChI=1S/C13H26N2O/c1-3-14-12-6-8-15(9-7-12)11(2)13-5-4-10-16-13/h11-14H,3-10H2,1-2H3. The summed E-state index contributed by atoms with van der Waals surface area (Å²) >= 11 is 0. The second-order valence-electron chi connectivity index (χ2n) is 5.16. The first-order valence-corrected chi connectivity index (χ1v) is 6.90. The van der Waals surface area contributed by atoms with Crippen molar-refractivity contribution in [1.82, 2.24) is 10.2 Å². The van der Waals surface area contributed by atoms with Gasteiger partial charge in [0.2, 0.25) is 0 Å². The van der Waals surface area contributed by atoms with Crippen LogP contribution in [0.4, 0.5) is 0 Å². The zero-order valence-corrected chi connectivity index (χ0v) is 10.7. The van der Waals surface area contributed by atoms with Crippen molar-refractivity contribution >= 4 is 0 Å². The maximum absolute atomic E-state index is 5.78. The van der Waals surface area contributed by atoms with Gasteiger partial charge in [0.1, 0.15) is 0 Å². The Hall–Kier alpha value is -0.120. The van der Waals surface area contributed by atoms with Crippen molar-refractivity contribution in [3.8, 4) is 0 Å². The molecule has 0 bridgehead atoms. The molecule has 3 nitrogen and oxygen atoms in total.